The molecule has 0 saturated carbocycles. The largest absolute Gasteiger partial charge is 0.506 e. The maximum atomic E-state index is 12.7. The number of phenolic OH excluding ortho intramolecular Hbond substituents is 1. The van der Waals surface area contributed by atoms with Gasteiger partial charge in [-0.15, -0.1) is 0 Å². The second-order valence-electron chi connectivity index (χ2n) is 6.61. The van der Waals surface area contributed by atoms with Gasteiger partial charge in [-0.25, -0.2) is 0 Å². The molecule has 0 fully saturated rings. The number of hydrogen-bond acceptors (Lipinski definition) is 3. The number of carbonyl (C=O) groups is 1. The van der Waals surface area contributed by atoms with Crippen LogP contribution in [0.4, 0.5) is 11.4 Å². The van der Waals surface area contributed by atoms with Crippen molar-refractivity contribution in [2.75, 3.05) is 5.32 Å². The molecule has 6 heteroatoms. The Morgan fingerprint density at radius 2 is 1.67 bits per heavy atom. The Balaban J connectivity index is 1.51. The zero-order chi connectivity index (χ0) is 21.1. The van der Waals surface area contributed by atoms with E-state index >= 15 is 0 Å². The van der Waals surface area contributed by atoms with Crippen molar-refractivity contribution < 1.29 is 9.90 Å². The first-order valence-corrected chi connectivity index (χ1v) is 9.88. The van der Waals surface area contributed by atoms with Crippen molar-refractivity contribution in [2.45, 2.75) is 0 Å². The van der Waals surface area contributed by atoms with Gasteiger partial charge in [-0.1, -0.05) is 59.6 Å². The first kappa shape index (κ1) is 20.0. The number of phenols is 1. The predicted octanol–water partition coefficient (Wildman–Crippen LogP) is 6.86. The summed E-state index contributed by atoms with van der Waals surface area (Å²) in [5, 5.41) is 15.6. The zero-order valence-corrected chi connectivity index (χ0v) is 17.2. The molecule has 0 heterocycles. The minimum Gasteiger partial charge on any atom is -0.506 e. The van der Waals surface area contributed by atoms with Gasteiger partial charge in [0.15, 0.2) is 0 Å². The number of nitrogens with one attached hydrogen (secondary N) is 1. The van der Waals surface area contributed by atoms with E-state index in [1.807, 2.05) is 42.5 Å². The fourth-order valence-electron chi connectivity index (χ4n) is 3.06. The number of amides is 1. The maximum Gasteiger partial charge on any atom is 0.255 e. The van der Waals surface area contributed by atoms with Gasteiger partial charge in [0.2, 0.25) is 0 Å². The van der Waals surface area contributed by atoms with E-state index in [-0.39, 0.29) is 16.7 Å². The summed E-state index contributed by atoms with van der Waals surface area (Å²) in [6.07, 6.45) is 1.47. The van der Waals surface area contributed by atoms with Crippen LogP contribution in [-0.2, 0) is 0 Å². The van der Waals surface area contributed by atoms with E-state index in [2.05, 4.69) is 10.3 Å². The normalized spacial score (nSPS) is 11.1. The summed E-state index contributed by atoms with van der Waals surface area (Å²) in [4.78, 5) is 17.0. The van der Waals surface area contributed by atoms with Crippen molar-refractivity contribution in [3.8, 4) is 5.75 Å². The lowest BCUT2D eigenvalue weighted by atomic mass is 10.1. The molecule has 0 aliphatic rings. The highest BCUT2D eigenvalue weighted by Gasteiger charge is 2.09. The fourth-order valence-corrected chi connectivity index (χ4v) is 3.57. The molecule has 2 N–H and O–H groups in total. The van der Waals surface area contributed by atoms with Gasteiger partial charge in [0.1, 0.15) is 5.75 Å². The number of aliphatic imine (C=N–C) groups is 1. The molecule has 4 aromatic rings. The van der Waals surface area contributed by atoms with Crippen molar-refractivity contribution in [3.05, 3.63) is 100 Å². The molecule has 0 spiro atoms. The highest BCUT2D eigenvalue weighted by molar-refractivity contribution is 6.36. The Labute approximate surface area is 183 Å². The zero-order valence-electron chi connectivity index (χ0n) is 15.6. The Bertz CT molecular complexity index is 1260. The second kappa shape index (κ2) is 8.57. The molecule has 0 saturated heterocycles. The van der Waals surface area contributed by atoms with Crippen LogP contribution in [0.3, 0.4) is 0 Å². The smallest absolute Gasteiger partial charge is 0.255 e. The van der Waals surface area contributed by atoms with Crippen molar-refractivity contribution in [3.63, 3.8) is 0 Å². The van der Waals surface area contributed by atoms with Crippen LogP contribution in [0.5, 0.6) is 5.75 Å². The van der Waals surface area contributed by atoms with Crippen LogP contribution in [0.1, 0.15) is 15.9 Å². The van der Waals surface area contributed by atoms with Crippen LogP contribution >= 0.6 is 23.2 Å². The molecule has 0 aliphatic heterocycles. The van der Waals surface area contributed by atoms with Gasteiger partial charge in [0.05, 0.1) is 10.7 Å². The molecule has 0 aliphatic carbocycles. The van der Waals surface area contributed by atoms with Gasteiger partial charge in [0, 0.05) is 33.4 Å². The number of carbonyl (C=O) groups excluding carboxylic acids is 1. The summed E-state index contributed by atoms with van der Waals surface area (Å²) in [5.74, 6) is -0.294. The Kier molecular flexibility index (Phi) is 5.70. The molecule has 4 aromatic carbocycles. The molecule has 4 rings (SSSR count). The van der Waals surface area contributed by atoms with Crippen LogP contribution in [0.15, 0.2) is 83.9 Å². The number of fused-ring (bicyclic) bond motifs is 1. The SMILES string of the molecule is O=C(Nc1cccc2ccccc12)c1ccc(N=Cc2cc(Cl)cc(Cl)c2O)cc1. The van der Waals surface area contributed by atoms with Crippen LogP contribution < -0.4 is 5.32 Å². The van der Waals surface area contributed by atoms with Crippen LogP contribution in [0.25, 0.3) is 10.8 Å². The van der Waals surface area contributed by atoms with Crippen molar-refractivity contribution in [1.29, 1.82) is 0 Å². The molecule has 0 atom stereocenters. The van der Waals surface area contributed by atoms with Crippen molar-refractivity contribution >= 4 is 57.5 Å². The average molecular weight is 435 g/mol. The molecule has 0 radical (unpaired) electrons. The van der Waals surface area contributed by atoms with Crippen molar-refractivity contribution in [2.24, 2.45) is 4.99 Å². The molecular weight excluding hydrogens is 419 g/mol. The third kappa shape index (κ3) is 4.30. The summed E-state index contributed by atoms with van der Waals surface area (Å²) >= 11 is 11.9. The average Bonchev–Trinajstić information content (AvgIpc) is 2.76. The maximum absolute atomic E-state index is 12.7. The quantitative estimate of drug-likeness (QED) is 0.344. The summed E-state index contributed by atoms with van der Waals surface area (Å²) in [7, 11) is 0. The van der Waals surface area contributed by atoms with Crippen LogP contribution in [-0.4, -0.2) is 17.2 Å². The number of benzene rings is 4. The minimum absolute atomic E-state index is 0.0871. The Hall–Kier alpha value is -3.34. The van der Waals surface area contributed by atoms with Crippen LogP contribution in [0, 0.1) is 0 Å². The number of aromatic hydroxyl groups is 1. The minimum atomic E-state index is -0.207. The third-order valence-corrected chi connectivity index (χ3v) is 5.08. The van der Waals surface area contributed by atoms with E-state index in [9.17, 15) is 9.90 Å². The fraction of sp³-hybridized carbons (Fsp3) is 0. The Morgan fingerprint density at radius 1 is 0.933 bits per heavy atom. The standard InChI is InChI=1S/C24H16Cl2N2O2/c25-18-12-17(23(29)21(26)13-18)14-27-19-10-8-16(9-11-19)24(30)28-22-7-3-5-15-4-1-2-6-20(15)22/h1-14,29H,(H,28,30). The van der Waals surface area contributed by atoms with Gasteiger partial charge in [-0.2, -0.15) is 0 Å². The van der Waals surface area contributed by atoms with Gasteiger partial charge < -0.3 is 10.4 Å². The highest BCUT2D eigenvalue weighted by atomic mass is 35.5. The summed E-state index contributed by atoms with van der Waals surface area (Å²) in [5.41, 5.74) is 2.29. The number of hydrogen-bond donors (Lipinski definition) is 2. The van der Waals surface area contributed by atoms with E-state index in [4.69, 9.17) is 23.2 Å². The lowest BCUT2D eigenvalue weighted by Crippen LogP contribution is -2.11. The van der Waals surface area contributed by atoms with Crippen molar-refractivity contribution in [1.82, 2.24) is 0 Å². The lowest BCUT2D eigenvalue weighted by molar-refractivity contribution is 0.102. The topological polar surface area (TPSA) is 61.7 Å². The first-order valence-electron chi connectivity index (χ1n) is 9.12. The number of nitrogens with zero attached hydrogens (tertiary/aromatic N) is 1. The first-order chi connectivity index (χ1) is 14.5. The predicted molar refractivity (Wildman–Crippen MR) is 124 cm³/mol. The van der Waals surface area contributed by atoms with Gasteiger partial charge in [-0.05, 0) is 47.9 Å². The number of anilines is 1. The summed E-state index contributed by atoms with van der Waals surface area (Å²) < 4.78 is 0. The molecule has 0 bridgehead atoms. The van der Waals surface area contributed by atoms with E-state index in [0.717, 1.165) is 16.5 Å². The van der Waals surface area contributed by atoms with E-state index in [1.165, 1.54) is 12.3 Å². The number of halogens is 2. The molecule has 0 unspecified atom stereocenters. The molecule has 4 nitrogen and oxygen atoms in total. The summed E-state index contributed by atoms with van der Waals surface area (Å²) in [6.45, 7) is 0. The van der Waals surface area contributed by atoms with E-state index in [1.54, 1.807) is 30.3 Å². The van der Waals surface area contributed by atoms with E-state index < -0.39 is 0 Å². The monoisotopic (exact) mass is 434 g/mol. The molecule has 1 amide bonds. The Morgan fingerprint density at radius 3 is 2.47 bits per heavy atom. The van der Waals surface area contributed by atoms with Gasteiger partial charge in [-0.3, -0.25) is 9.79 Å². The second-order valence-corrected chi connectivity index (χ2v) is 7.45. The molecule has 148 valence electrons. The van der Waals surface area contributed by atoms with Gasteiger partial charge in [0.25, 0.3) is 5.91 Å². The molecular formula is C24H16Cl2N2O2. The lowest BCUT2D eigenvalue weighted by Gasteiger charge is -2.09. The van der Waals surface area contributed by atoms with Crippen LogP contribution in [0.2, 0.25) is 10.0 Å². The number of rotatable bonds is 4. The molecule has 30 heavy (non-hydrogen) atoms. The summed E-state index contributed by atoms with van der Waals surface area (Å²) in [6, 6.07) is 23.5. The highest BCUT2D eigenvalue weighted by Crippen LogP contribution is 2.30. The van der Waals surface area contributed by atoms with Gasteiger partial charge >= 0.3 is 0 Å². The van der Waals surface area contributed by atoms with E-state index in [0.29, 0.717) is 21.8 Å². The third-order valence-electron chi connectivity index (χ3n) is 4.58. The molecule has 0 aromatic heterocycles.